The minimum Gasteiger partial charge on any atom is -0.368 e. The molecule has 0 aromatic rings. The first-order valence-electron chi connectivity index (χ1n) is 7.21. The van der Waals surface area contributed by atoms with E-state index in [1.165, 1.54) is 0 Å². The molecule has 5 heteroatoms. The number of likely N-dealkylation sites (tertiary alicyclic amines) is 1. The Bertz CT molecular complexity index is 300. The number of carbonyl (C=O) groups excluding carboxylic acids is 1. The van der Waals surface area contributed by atoms with Crippen molar-refractivity contribution < 1.29 is 4.79 Å². The van der Waals surface area contributed by atoms with Crippen LogP contribution in [0.3, 0.4) is 0 Å². The summed E-state index contributed by atoms with van der Waals surface area (Å²) in [7, 11) is 4.25. The molecule has 1 amide bonds. The lowest BCUT2D eigenvalue weighted by Crippen LogP contribution is -2.62. The highest BCUT2D eigenvalue weighted by molar-refractivity contribution is 5.84. The van der Waals surface area contributed by atoms with Crippen molar-refractivity contribution in [3.05, 3.63) is 0 Å². The molecule has 0 aromatic carbocycles. The van der Waals surface area contributed by atoms with Crippen LogP contribution in [0.2, 0.25) is 0 Å². The van der Waals surface area contributed by atoms with Gasteiger partial charge in [0.1, 0.15) is 5.54 Å². The Labute approximate surface area is 117 Å². The Kier molecular flexibility index (Phi) is 5.77. The first-order valence-corrected chi connectivity index (χ1v) is 7.21. The largest absolute Gasteiger partial charge is 0.368 e. The predicted octanol–water partition coefficient (Wildman–Crippen LogP) is 0.254. The number of likely N-dealkylation sites (N-methyl/N-ethyl adjacent to an activating group) is 1. The number of nitrogens with zero attached hydrogens (tertiary/aromatic N) is 2. The van der Waals surface area contributed by atoms with Crippen LogP contribution in [0.4, 0.5) is 0 Å². The van der Waals surface area contributed by atoms with Gasteiger partial charge in [-0.25, -0.2) is 0 Å². The third-order valence-electron chi connectivity index (χ3n) is 4.03. The lowest BCUT2D eigenvalue weighted by molar-refractivity contribution is -0.125. The number of carbonyl (C=O) groups is 1. The highest BCUT2D eigenvalue weighted by Crippen LogP contribution is 2.17. The standard InChI is InChI=1S/C14H30N4O/c1-11(2)16-14(3,13(15)19)10-18(5)12-6-8-17(4)9-7-12/h11-12,16H,6-10H2,1-5H3,(H2,15,19). The molecule has 1 aliphatic heterocycles. The Morgan fingerprint density at radius 3 is 2.42 bits per heavy atom. The molecular formula is C14H30N4O. The molecule has 19 heavy (non-hydrogen) atoms. The van der Waals surface area contributed by atoms with Gasteiger partial charge in [0.15, 0.2) is 0 Å². The molecule has 1 fully saturated rings. The van der Waals surface area contributed by atoms with Crippen molar-refractivity contribution in [2.24, 2.45) is 5.73 Å². The van der Waals surface area contributed by atoms with E-state index < -0.39 is 5.54 Å². The second kappa shape index (κ2) is 6.68. The van der Waals surface area contributed by atoms with Gasteiger partial charge in [-0.2, -0.15) is 0 Å². The number of hydrogen-bond acceptors (Lipinski definition) is 4. The Morgan fingerprint density at radius 2 is 2.00 bits per heavy atom. The van der Waals surface area contributed by atoms with Gasteiger partial charge >= 0.3 is 0 Å². The van der Waals surface area contributed by atoms with Gasteiger partial charge in [0.25, 0.3) is 0 Å². The van der Waals surface area contributed by atoms with E-state index in [1.54, 1.807) is 0 Å². The summed E-state index contributed by atoms with van der Waals surface area (Å²) >= 11 is 0. The van der Waals surface area contributed by atoms with Crippen LogP contribution in [-0.4, -0.2) is 67.1 Å². The number of hydrogen-bond donors (Lipinski definition) is 2. The minimum absolute atomic E-state index is 0.239. The average molecular weight is 270 g/mol. The molecule has 112 valence electrons. The molecule has 1 rings (SSSR count). The molecule has 5 nitrogen and oxygen atoms in total. The third kappa shape index (κ3) is 4.75. The summed E-state index contributed by atoms with van der Waals surface area (Å²) in [4.78, 5) is 16.4. The van der Waals surface area contributed by atoms with E-state index in [-0.39, 0.29) is 11.9 Å². The van der Waals surface area contributed by atoms with Gasteiger partial charge < -0.3 is 20.9 Å². The number of nitrogens with two attached hydrogens (primary N) is 1. The molecule has 1 unspecified atom stereocenters. The van der Waals surface area contributed by atoms with Crippen LogP contribution in [-0.2, 0) is 4.79 Å². The van der Waals surface area contributed by atoms with Crippen LogP contribution in [0.1, 0.15) is 33.6 Å². The second-order valence-electron chi connectivity index (χ2n) is 6.44. The molecule has 1 saturated heterocycles. The normalized spacial score (nSPS) is 21.8. The second-order valence-corrected chi connectivity index (χ2v) is 6.44. The van der Waals surface area contributed by atoms with Gasteiger partial charge in [-0.05, 0) is 60.8 Å². The zero-order valence-electron chi connectivity index (χ0n) is 13.1. The maximum atomic E-state index is 11.8. The van der Waals surface area contributed by atoms with Crippen LogP contribution >= 0.6 is 0 Å². The van der Waals surface area contributed by atoms with Gasteiger partial charge in [0.2, 0.25) is 5.91 Å². The third-order valence-corrected chi connectivity index (χ3v) is 4.03. The average Bonchev–Trinajstić information content (AvgIpc) is 2.28. The summed E-state index contributed by atoms with van der Waals surface area (Å²) < 4.78 is 0. The van der Waals surface area contributed by atoms with Crippen LogP contribution < -0.4 is 11.1 Å². The van der Waals surface area contributed by atoms with E-state index in [4.69, 9.17) is 5.73 Å². The van der Waals surface area contributed by atoms with Gasteiger partial charge in [-0.3, -0.25) is 4.79 Å². The predicted molar refractivity (Wildman–Crippen MR) is 79.0 cm³/mol. The summed E-state index contributed by atoms with van der Waals surface area (Å²) in [6.45, 7) is 8.89. The van der Waals surface area contributed by atoms with Crippen molar-refractivity contribution in [1.29, 1.82) is 0 Å². The summed E-state index contributed by atoms with van der Waals surface area (Å²) in [5.74, 6) is -0.277. The van der Waals surface area contributed by atoms with Crippen LogP contribution in [0.15, 0.2) is 0 Å². The van der Waals surface area contributed by atoms with Crippen molar-refractivity contribution >= 4 is 5.91 Å². The molecular weight excluding hydrogens is 240 g/mol. The Balaban J connectivity index is 2.61. The first-order chi connectivity index (χ1) is 8.74. The van der Waals surface area contributed by atoms with E-state index in [2.05, 4.69) is 29.2 Å². The SMILES string of the molecule is CC(C)NC(C)(CN(C)C1CCN(C)CC1)C(N)=O. The van der Waals surface area contributed by atoms with E-state index in [0.717, 1.165) is 25.9 Å². The summed E-state index contributed by atoms with van der Waals surface area (Å²) in [5.41, 5.74) is 4.92. The van der Waals surface area contributed by atoms with Gasteiger partial charge in [0, 0.05) is 18.6 Å². The summed E-state index contributed by atoms with van der Waals surface area (Å²) in [5, 5.41) is 3.31. The Hall–Kier alpha value is -0.650. The van der Waals surface area contributed by atoms with Crippen molar-refractivity contribution in [3.8, 4) is 0 Å². The fourth-order valence-corrected chi connectivity index (χ4v) is 2.90. The number of piperidine rings is 1. The molecule has 0 bridgehead atoms. The Morgan fingerprint density at radius 1 is 1.47 bits per heavy atom. The van der Waals surface area contributed by atoms with Gasteiger partial charge in [-0.1, -0.05) is 0 Å². The lowest BCUT2D eigenvalue weighted by atomic mass is 9.96. The van der Waals surface area contributed by atoms with E-state index in [0.29, 0.717) is 12.6 Å². The van der Waals surface area contributed by atoms with Crippen molar-refractivity contribution in [1.82, 2.24) is 15.1 Å². The molecule has 3 N–H and O–H groups in total. The molecule has 0 aliphatic carbocycles. The molecule has 1 heterocycles. The number of rotatable bonds is 6. The molecule has 1 atom stereocenters. The smallest absolute Gasteiger partial charge is 0.238 e. The zero-order valence-corrected chi connectivity index (χ0v) is 13.1. The topological polar surface area (TPSA) is 61.6 Å². The van der Waals surface area contributed by atoms with Crippen LogP contribution in [0, 0.1) is 0 Å². The monoisotopic (exact) mass is 270 g/mol. The van der Waals surface area contributed by atoms with Crippen molar-refractivity contribution in [2.45, 2.75) is 51.2 Å². The highest BCUT2D eigenvalue weighted by atomic mass is 16.1. The molecule has 0 spiro atoms. The number of nitrogens with one attached hydrogen (secondary N) is 1. The quantitative estimate of drug-likeness (QED) is 0.726. The summed E-state index contributed by atoms with van der Waals surface area (Å²) in [6, 6.07) is 0.784. The van der Waals surface area contributed by atoms with E-state index >= 15 is 0 Å². The zero-order chi connectivity index (χ0) is 14.6. The fourth-order valence-electron chi connectivity index (χ4n) is 2.90. The molecule has 0 radical (unpaired) electrons. The van der Waals surface area contributed by atoms with E-state index in [9.17, 15) is 4.79 Å². The highest BCUT2D eigenvalue weighted by Gasteiger charge is 2.34. The maximum absolute atomic E-state index is 11.8. The number of primary amides is 1. The molecule has 0 saturated carbocycles. The number of amides is 1. The van der Waals surface area contributed by atoms with Crippen LogP contribution in [0.5, 0.6) is 0 Å². The fraction of sp³-hybridized carbons (Fsp3) is 0.929. The lowest BCUT2D eigenvalue weighted by Gasteiger charge is -2.40. The molecule has 1 aliphatic rings. The van der Waals surface area contributed by atoms with Gasteiger partial charge in [0.05, 0.1) is 0 Å². The minimum atomic E-state index is -0.660. The van der Waals surface area contributed by atoms with Crippen molar-refractivity contribution in [2.75, 3.05) is 33.7 Å². The molecule has 0 aromatic heterocycles. The van der Waals surface area contributed by atoms with E-state index in [1.807, 2.05) is 20.8 Å². The van der Waals surface area contributed by atoms with Crippen LogP contribution in [0.25, 0.3) is 0 Å². The van der Waals surface area contributed by atoms with Gasteiger partial charge in [-0.15, -0.1) is 0 Å². The van der Waals surface area contributed by atoms with Crippen molar-refractivity contribution in [3.63, 3.8) is 0 Å². The summed E-state index contributed by atoms with van der Waals surface area (Å²) in [6.07, 6.45) is 2.31. The maximum Gasteiger partial charge on any atom is 0.238 e. The first kappa shape index (κ1) is 16.4.